The molecular formula is C21H20ClN5S. The molecule has 1 N–H and O–H groups in total. The third kappa shape index (κ3) is 4.13. The van der Waals surface area contributed by atoms with Crippen LogP contribution in [-0.2, 0) is 5.75 Å². The van der Waals surface area contributed by atoms with E-state index in [2.05, 4.69) is 40.8 Å². The molecule has 0 aliphatic carbocycles. The highest BCUT2D eigenvalue weighted by Gasteiger charge is 2.15. The van der Waals surface area contributed by atoms with E-state index >= 15 is 0 Å². The molecule has 142 valence electrons. The summed E-state index contributed by atoms with van der Waals surface area (Å²) in [4.78, 5) is 14.1. The van der Waals surface area contributed by atoms with Gasteiger partial charge in [-0.15, -0.1) is 0 Å². The van der Waals surface area contributed by atoms with Crippen LogP contribution in [0.15, 0.2) is 66.1 Å². The fourth-order valence-corrected chi connectivity index (χ4v) is 3.84. The van der Waals surface area contributed by atoms with Gasteiger partial charge in [-0.1, -0.05) is 59.8 Å². The summed E-state index contributed by atoms with van der Waals surface area (Å²) < 4.78 is 2.06. The zero-order chi connectivity index (χ0) is 19.5. The van der Waals surface area contributed by atoms with E-state index in [1.165, 1.54) is 5.56 Å². The fraction of sp³-hybridized carbons (Fsp3) is 0.190. The Bertz CT molecular complexity index is 1090. The number of nitrogens with one attached hydrogen (secondary N) is 1. The van der Waals surface area contributed by atoms with Crippen molar-refractivity contribution in [2.24, 2.45) is 0 Å². The van der Waals surface area contributed by atoms with Gasteiger partial charge in [0.25, 0.3) is 0 Å². The smallest absolute Gasteiger partial charge is 0.191 e. The van der Waals surface area contributed by atoms with Crippen molar-refractivity contribution < 1.29 is 0 Å². The Labute approximate surface area is 173 Å². The van der Waals surface area contributed by atoms with Gasteiger partial charge in [-0.05, 0) is 37.6 Å². The molecule has 0 aliphatic rings. The zero-order valence-corrected chi connectivity index (χ0v) is 17.2. The Kier molecular flexibility index (Phi) is 5.50. The van der Waals surface area contributed by atoms with Gasteiger partial charge in [-0.2, -0.15) is 0 Å². The van der Waals surface area contributed by atoms with E-state index < -0.39 is 0 Å². The van der Waals surface area contributed by atoms with Gasteiger partial charge in [0.15, 0.2) is 22.1 Å². The number of hydrogen-bond donors (Lipinski definition) is 1. The largest absolute Gasteiger partial charge is 0.338 e. The van der Waals surface area contributed by atoms with Crippen LogP contribution in [0.25, 0.3) is 11.2 Å². The van der Waals surface area contributed by atoms with E-state index in [1.54, 1.807) is 11.8 Å². The predicted octanol–water partition coefficient (Wildman–Crippen LogP) is 6.10. The van der Waals surface area contributed by atoms with Crippen molar-refractivity contribution in [2.75, 3.05) is 5.32 Å². The summed E-state index contributed by atoms with van der Waals surface area (Å²) in [6, 6.07) is 18.1. The standard InChI is InChI=1S/C21H20ClN5S/c1-14(2)27-13-23-18-19(24-17-10-6-9-16(22)11-17)25-21(26-20(18)27)28-12-15-7-4-3-5-8-15/h3-11,13-14H,12H2,1-2H3,(H,24,25,26). The van der Waals surface area contributed by atoms with Crippen LogP contribution in [0.5, 0.6) is 0 Å². The van der Waals surface area contributed by atoms with Gasteiger partial charge in [-0.3, -0.25) is 0 Å². The van der Waals surface area contributed by atoms with E-state index in [0.717, 1.165) is 22.6 Å². The van der Waals surface area contributed by atoms with Crippen molar-refractivity contribution in [3.63, 3.8) is 0 Å². The van der Waals surface area contributed by atoms with Gasteiger partial charge < -0.3 is 9.88 Å². The summed E-state index contributed by atoms with van der Waals surface area (Å²) in [5.41, 5.74) is 3.67. The van der Waals surface area contributed by atoms with Gasteiger partial charge in [0, 0.05) is 22.5 Å². The van der Waals surface area contributed by atoms with Crippen molar-refractivity contribution in [1.82, 2.24) is 19.5 Å². The first-order valence-corrected chi connectivity index (χ1v) is 10.4. The molecule has 2 aromatic heterocycles. The van der Waals surface area contributed by atoms with Crippen molar-refractivity contribution in [3.05, 3.63) is 71.5 Å². The molecule has 0 radical (unpaired) electrons. The maximum Gasteiger partial charge on any atom is 0.191 e. The maximum atomic E-state index is 6.13. The van der Waals surface area contributed by atoms with Crippen LogP contribution in [0, 0.1) is 0 Å². The minimum absolute atomic E-state index is 0.255. The lowest BCUT2D eigenvalue weighted by Crippen LogP contribution is -2.03. The Balaban J connectivity index is 1.71. The molecule has 28 heavy (non-hydrogen) atoms. The third-order valence-corrected chi connectivity index (χ3v) is 5.41. The Morgan fingerprint density at radius 3 is 2.64 bits per heavy atom. The van der Waals surface area contributed by atoms with Crippen LogP contribution < -0.4 is 5.32 Å². The highest BCUT2D eigenvalue weighted by molar-refractivity contribution is 7.98. The molecule has 4 aromatic rings. The number of anilines is 2. The molecule has 4 rings (SSSR count). The van der Waals surface area contributed by atoms with E-state index in [-0.39, 0.29) is 6.04 Å². The first kappa shape index (κ1) is 18.8. The molecule has 7 heteroatoms. The summed E-state index contributed by atoms with van der Waals surface area (Å²) >= 11 is 7.74. The number of rotatable bonds is 6. The number of hydrogen-bond acceptors (Lipinski definition) is 5. The summed E-state index contributed by atoms with van der Waals surface area (Å²) in [7, 11) is 0. The molecule has 0 fully saturated rings. The Hall–Kier alpha value is -2.57. The second-order valence-electron chi connectivity index (χ2n) is 6.68. The van der Waals surface area contributed by atoms with Gasteiger partial charge in [0.1, 0.15) is 0 Å². The third-order valence-electron chi connectivity index (χ3n) is 4.26. The van der Waals surface area contributed by atoms with Gasteiger partial charge in [0.2, 0.25) is 0 Å². The van der Waals surface area contributed by atoms with Crippen LogP contribution in [-0.4, -0.2) is 19.5 Å². The highest BCUT2D eigenvalue weighted by atomic mass is 35.5. The number of benzene rings is 2. The Morgan fingerprint density at radius 1 is 1.07 bits per heavy atom. The lowest BCUT2D eigenvalue weighted by molar-refractivity contribution is 0.611. The number of imidazole rings is 1. The first-order valence-electron chi connectivity index (χ1n) is 9.04. The molecular weight excluding hydrogens is 390 g/mol. The minimum atomic E-state index is 0.255. The Morgan fingerprint density at radius 2 is 1.89 bits per heavy atom. The number of thioether (sulfide) groups is 1. The highest BCUT2D eigenvalue weighted by Crippen LogP contribution is 2.29. The number of aromatic nitrogens is 4. The molecule has 0 saturated heterocycles. The summed E-state index contributed by atoms with van der Waals surface area (Å²) in [6.45, 7) is 4.23. The van der Waals surface area contributed by atoms with Crippen molar-refractivity contribution in [3.8, 4) is 0 Å². The van der Waals surface area contributed by atoms with Crippen molar-refractivity contribution >= 4 is 46.0 Å². The molecule has 2 heterocycles. The summed E-state index contributed by atoms with van der Waals surface area (Å²) in [6.07, 6.45) is 1.82. The van der Waals surface area contributed by atoms with Gasteiger partial charge in [-0.25, -0.2) is 15.0 Å². The number of halogens is 1. The monoisotopic (exact) mass is 409 g/mol. The second kappa shape index (κ2) is 8.20. The topological polar surface area (TPSA) is 55.6 Å². The van der Waals surface area contributed by atoms with Crippen LogP contribution >= 0.6 is 23.4 Å². The first-order chi connectivity index (χ1) is 13.6. The van der Waals surface area contributed by atoms with Crippen molar-refractivity contribution in [2.45, 2.75) is 30.8 Å². The van der Waals surface area contributed by atoms with Crippen LogP contribution in [0.3, 0.4) is 0 Å². The molecule has 0 unspecified atom stereocenters. The number of nitrogens with zero attached hydrogens (tertiary/aromatic N) is 4. The fourth-order valence-electron chi connectivity index (χ4n) is 2.85. The summed E-state index contributed by atoms with van der Waals surface area (Å²) in [5, 5.41) is 4.73. The average Bonchev–Trinajstić information content (AvgIpc) is 3.12. The molecule has 0 amide bonds. The normalized spacial score (nSPS) is 11.3. The number of fused-ring (bicyclic) bond motifs is 1. The molecule has 5 nitrogen and oxygen atoms in total. The second-order valence-corrected chi connectivity index (χ2v) is 8.06. The zero-order valence-electron chi connectivity index (χ0n) is 15.6. The molecule has 0 spiro atoms. The SMILES string of the molecule is CC(C)n1cnc2c(Nc3cccc(Cl)c3)nc(SCc3ccccc3)nc21. The van der Waals surface area contributed by atoms with Crippen LogP contribution in [0.4, 0.5) is 11.5 Å². The lowest BCUT2D eigenvalue weighted by Gasteiger charge is -2.11. The predicted molar refractivity (Wildman–Crippen MR) is 116 cm³/mol. The maximum absolute atomic E-state index is 6.13. The minimum Gasteiger partial charge on any atom is -0.338 e. The average molecular weight is 410 g/mol. The van der Waals surface area contributed by atoms with Gasteiger partial charge >= 0.3 is 0 Å². The van der Waals surface area contributed by atoms with E-state index in [1.807, 2.05) is 48.8 Å². The van der Waals surface area contributed by atoms with Gasteiger partial charge in [0.05, 0.1) is 6.33 Å². The van der Waals surface area contributed by atoms with E-state index in [0.29, 0.717) is 16.0 Å². The molecule has 0 bridgehead atoms. The van der Waals surface area contributed by atoms with Crippen LogP contribution in [0.1, 0.15) is 25.5 Å². The van der Waals surface area contributed by atoms with E-state index in [9.17, 15) is 0 Å². The van der Waals surface area contributed by atoms with Crippen molar-refractivity contribution in [1.29, 1.82) is 0 Å². The van der Waals surface area contributed by atoms with Crippen LogP contribution in [0.2, 0.25) is 5.02 Å². The quantitative estimate of drug-likeness (QED) is 0.308. The summed E-state index contributed by atoms with van der Waals surface area (Å²) in [5.74, 6) is 1.49. The van der Waals surface area contributed by atoms with E-state index in [4.69, 9.17) is 21.6 Å². The molecule has 2 aromatic carbocycles. The molecule has 0 aliphatic heterocycles. The molecule has 0 saturated carbocycles. The lowest BCUT2D eigenvalue weighted by atomic mass is 10.2. The molecule has 0 atom stereocenters.